The lowest BCUT2D eigenvalue weighted by Gasteiger charge is -2.13. The van der Waals surface area contributed by atoms with Crippen molar-refractivity contribution in [1.29, 1.82) is 0 Å². The minimum atomic E-state index is -0.387. The first-order valence-corrected chi connectivity index (χ1v) is 10.9. The number of aryl methyl sites for hydroxylation is 1. The summed E-state index contributed by atoms with van der Waals surface area (Å²) in [5.41, 5.74) is 5.96. The van der Waals surface area contributed by atoms with Gasteiger partial charge in [-0.1, -0.05) is 6.07 Å². The topological polar surface area (TPSA) is 122 Å². The number of nitrogens with one attached hydrogen (secondary N) is 2. The van der Waals surface area contributed by atoms with Gasteiger partial charge < -0.3 is 24.3 Å². The number of fused-ring (bicyclic) bond motifs is 2. The van der Waals surface area contributed by atoms with Crippen LogP contribution in [0.3, 0.4) is 0 Å². The fourth-order valence-electron chi connectivity index (χ4n) is 4.11. The molecule has 0 bridgehead atoms. The van der Waals surface area contributed by atoms with Gasteiger partial charge in [0.05, 0.1) is 5.71 Å². The summed E-state index contributed by atoms with van der Waals surface area (Å²) in [4.78, 5) is 25.3. The highest BCUT2D eigenvalue weighted by Crippen LogP contribution is 2.33. The smallest absolute Gasteiger partial charge is 0.287 e. The quantitative estimate of drug-likeness (QED) is 0.501. The van der Waals surface area contributed by atoms with Crippen LogP contribution in [0.25, 0.3) is 0 Å². The van der Waals surface area contributed by atoms with Crippen LogP contribution in [0.5, 0.6) is 17.2 Å². The molecule has 0 unspecified atom stereocenters. The maximum absolute atomic E-state index is 12.9. The molecule has 2 aliphatic rings. The summed E-state index contributed by atoms with van der Waals surface area (Å²) in [6.45, 7) is 2.33. The summed E-state index contributed by atoms with van der Waals surface area (Å²) in [5.74, 6) is 1.65. The molecular formula is C25H23N3O6. The number of furan rings is 1. The summed E-state index contributed by atoms with van der Waals surface area (Å²) in [7, 11) is 0. The molecule has 0 saturated carbocycles. The predicted octanol–water partition coefficient (Wildman–Crippen LogP) is 3.42. The SMILES string of the molecule is Cc1c(C(=O)NCc2ccc3c(c2)OCO3)oc2c1/C(=N/NC(=O)c1ccc(O)cc1)CCC2. The highest BCUT2D eigenvalue weighted by molar-refractivity contribution is 6.07. The Morgan fingerprint density at radius 2 is 1.82 bits per heavy atom. The molecule has 0 fully saturated rings. The molecule has 2 heterocycles. The number of carbonyl (C=O) groups excluding carboxylic acids is 2. The Labute approximate surface area is 195 Å². The van der Waals surface area contributed by atoms with E-state index in [4.69, 9.17) is 13.9 Å². The number of hydrogen-bond acceptors (Lipinski definition) is 7. The number of carbonyl (C=O) groups is 2. The molecule has 34 heavy (non-hydrogen) atoms. The minimum absolute atomic E-state index is 0.0816. The van der Waals surface area contributed by atoms with Crippen LogP contribution in [0.2, 0.25) is 0 Å². The van der Waals surface area contributed by atoms with E-state index in [9.17, 15) is 14.7 Å². The summed E-state index contributed by atoms with van der Waals surface area (Å²) in [6.07, 6.45) is 2.14. The Hall–Kier alpha value is -4.27. The average Bonchev–Trinajstić information content (AvgIpc) is 3.45. The third-order valence-electron chi connectivity index (χ3n) is 5.84. The molecule has 2 amide bonds. The number of ether oxygens (including phenoxy) is 2. The van der Waals surface area contributed by atoms with Crippen molar-refractivity contribution in [3.05, 3.63) is 76.2 Å². The van der Waals surface area contributed by atoms with E-state index >= 15 is 0 Å². The highest BCUT2D eigenvalue weighted by Gasteiger charge is 2.28. The predicted molar refractivity (Wildman–Crippen MR) is 122 cm³/mol. The number of nitrogens with zero attached hydrogens (tertiary/aromatic N) is 1. The van der Waals surface area contributed by atoms with Crippen molar-refractivity contribution in [2.24, 2.45) is 5.10 Å². The maximum atomic E-state index is 12.9. The number of benzene rings is 2. The summed E-state index contributed by atoms with van der Waals surface area (Å²) in [5, 5.41) is 16.6. The van der Waals surface area contributed by atoms with Crippen LogP contribution < -0.4 is 20.2 Å². The van der Waals surface area contributed by atoms with E-state index in [1.807, 2.05) is 25.1 Å². The molecule has 1 aliphatic heterocycles. The Bertz CT molecular complexity index is 1290. The van der Waals surface area contributed by atoms with Gasteiger partial charge in [-0.2, -0.15) is 5.10 Å². The second-order valence-electron chi connectivity index (χ2n) is 8.12. The van der Waals surface area contributed by atoms with Crippen molar-refractivity contribution in [1.82, 2.24) is 10.7 Å². The highest BCUT2D eigenvalue weighted by atomic mass is 16.7. The van der Waals surface area contributed by atoms with E-state index in [0.717, 1.165) is 17.5 Å². The molecule has 1 aliphatic carbocycles. The Balaban J connectivity index is 1.30. The van der Waals surface area contributed by atoms with Gasteiger partial charge in [-0.05, 0) is 61.7 Å². The van der Waals surface area contributed by atoms with Gasteiger partial charge in [0.1, 0.15) is 11.5 Å². The molecule has 3 aromatic rings. The molecule has 2 aromatic carbocycles. The molecule has 9 heteroatoms. The molecule has 174 valence electrons. The fraction of sp³-hybridized carbons (Fsp3) is 0.240. The molecule has 0 spiro atoms. The van der Waals surface area contributed by atoms with Crippen LogP contribution in [0.15, 0.2) is 52.0 Å². The van der Waals surface area contributed by atoms with Gasteiger partial charge >= 0.3 is 0 Å². The standard InChI is InChI=1S/C25H23N3O6/c1-14-22-18(27-28-24(30)16-6-8-17(29)9-7-16)3-2-4-20(22)34-23(14)25(31)26-12-15-5-10-19-21(11-15)33-13-32-19/h5-11,29H,2-4,12-13H2,1H3,(H,26,31)(H,28,30)/b27-18+. The lowest BCUT2D eigenvalue weighted by atomic mass is 9.93. The average molecular weight is 461 g/mol. The number of phenolic OH excluding ortho intramolecular Hbond substituents is 1. The van der Waals surface area contributed by atoms with E-state index in [2.05, 4.69) is 15.8 Å². The van der Waals surface area contributed by atoms with Crippen LogP contribution in [0, 0.1) is 6.92 Å². The number of amides is 2. The molecule has 0 atom stereocenters. The number of phenols is 1. The molecule has 1 aromatic heterocycles. The molecule has 0 saturated heterocycles. The number of rotatable bonds is 5. The maximum Gasteiger partial charge on any atom is 0.287 e. The van der Waals surface area contributed by atoms with Crippen LogP contribution in [0.1, 0.15) is 56.2 Å². The molecule has 3 N–H and O–H groups in total. The van der Waals surface area contributed by atoms with Gasteiger partial charge in [-0.25, -0.2) is 5.43 Å². The molecule has 5 rings (SSSR count). The molecular weight excluding hydrogens is 438 g/mol. The van der Waals surface area contributed by atoms with Gasteiger partial charge in [0.2, 0.25) is 6.79 Å². The van der Waals surface area contributed by atoms with E-state index in [0.29, 0.717) is 53.5 Å². The second kappa shape index (κ2) is 8.93. The van der Waals surface area contributed by atoms with Gasteiger partial charge in [0.15, 0.2) is 17.3 Å². The van der Waals surface area contributed by atoms with Crippen molar-refractivity contribution in [3.8, 4) is 17.2 Å². The minimum Gasteiger partial charge on any atom is -0.508 e. The first-order chi connectivity index (χ1) is 16.5. The first-order valence-electron chi connectivity index (χ1n) is 10.9. The number of hydrazone groups is 1. The molecule has 9 nitrogen and oxygen atoms in total. The molecule has 0 radical (unpaired) electrons. The Kier molecular flexibility index (Phi) is 5.67. The van der Waals surface area contributed by atoms with Crippen molar-refractivity contribution < 1.29 is 28.6 Å². The summed E-state index contributed by atoms with van der Waals surface area (Å²) < 4.78 is 16.6. The van der Waals surface area contributed by atoms with Gasteiger partial charge in [-0.15, -0.1) is 0 Å². The summed E-state index contributed by atoms with van der Waals surface area (Å²) >= 11 is 0. The second-order valence-corrected chi connectivity index (χ2v) is 8.12. The monoisotopic (exact) mass is 461 g/mol. The van der Waals surface area contributed by atoms with Gasteiger partial charge in [-0.3, -0.25) is 9.59 Å². The zero-order valence-electron chi connectivity index (χ0n) is 18.5. The van der Waals surface area contributed by atoms with E-state index in [-0.39, 0.29) is 30.1 Å². The third kappa shape index (κ3) is 4.19. The van der Waals surface area contributed by atoms with Crippen molar-refractivity contribution in [2.75, 3.05) is 6.79 Å². The fourth-order valence-corrected chi connectivity index (χ4v) is 4.11. The van der Waals surface area contributed by atoms with Crippen molar-refractivity contribution in [3.63, 3.8) is 0 Å². The summed E-state index contributed by atoms with van der Waals surface area (Å²) in [6, 6.07) is 11.4. The van der Waals surface area contributed by atoms with Crippen LogP contribution in [-0.2, 0) is 13.0 Å². The van der Waals surface area contributed by atoms with E-state index in [1.54, 1.807) is 0 Å². The van der Waals surface area contributed by atoms with Gasteiger partial charge in [0, 0.05) is 29.7 Å². The van der Waals surface area contributed by atoms with Crippen LogP contribution >= 0.6 is 0 Å². The number of aromatic hydroxyl groups is 1. The Morgan fingerprint density at radius 1 is 1.03 bits per heavy atom. The lowest BCUT2D eigenvalue weighted by Crippen LogP contribution is -2.23. The third-order valence-corrected chi connectivity index (χ3v) is 5.84. The van der Waals surface area contributed by atoms with Crippen molar-refractivity contribution in [2.45, 2.75) is 32.7 Å². The Morgan fingerprint density at radius 3 is 2.65 bits per heavy atom. The first kappa shape index (κ1) is 21.6. The lowest BCUT2D eigenvalue weighted by molar-refractivity contribution is 0.0919. The van der Waals surface area contributed by atoms with Crippen LogP contribution in [0.4, 0.5) is 0 Å². The van der Waals surface area contributed by atoms with Crippen molar-refractivity contribution >= 4 is 17.5 Å². The van der Waals surface area contributed by atoms with Gasteiger partial charge in [0.25, 0.3) is 11.8 Å². The van der Waals surface area contributed by atoms with E-state index < -0.39 is 0 Å². The number of hydrogen-bond donors (Lipinski definition) is 3. The normalized spacial score (nSPS) is 15.1. The largest absolute Gasteiger partial charge is 0.508 e. The zero-order valence-corrected chi connectivity index (χ0v) is 18.5. The van der Waals surface area contributed by atoms with Crippen LogP contribution in [-0.4, -0.2) is 29.4 Å². The van der Waals surface area contributed by atoms with E-state index in [1.165, 1.54) is 24.3 Å². The zero-order chi connectivity index (χ0) is 23.7.